The van der Waals surface area contributed by atoms with Gasteiger partial charge in [0.2, 0.25) is 0 Å². The van der Waals surface area contributed by atoms with Gasteiger partial charge in [-0.1, -0.05) is 0 Å². The summed E-state index contributed by atoms with van der Waals surface area (Å²) in [7, 11) is 0. The standard InChI is InChI=1S/C14H20N2O4/c1-10-14(2,7-8-20-10)15-9-13(17)11-3-5-12(6-4-11)16(18)19/h3-6,10,13,15,17H,7-9H2,1-2H3. The van der Waals surface area contributed by atoms with E-state index in [4.69, 9.17) is 4.74 Å². The van der Waals surface area contributed by atoms with Crippen LogP contribution in [0.2, 0.25) is 0 Å². The summed E-state index contributed by atoms with van der Waals surface area (Å²) in [5.41, 5.74) is 0.554. The largest absolute Gasteiger partial charge is 0.387 e. The minimum Gasteiger partial charge on any atom is -0.387 e. The van der Waals surface area contributed by atoms with Crippen LogP contribution in [-0.4, -0.2) is 34.8 Å². The highest BCUT2D eigenvalue weighted by molar-refractivity contribution is 5.33. The molecule has 2 N–H and O–H groups in total. The molecule has 1 aromatic carbocycles. The predicted molar refractivity (Wildman–Crippen MR) is 74.5 cm³/mol. The highest BCUT2D eigenvalue weighted by atomic mass is 16.6. The van der Waals surface area contributed by atoms with Crippen LogP contribution < -0.4 is 5.32 Å². The Morgan fingerprint density at radius 2 is 2.20 bits per heavy atom. The first-order valence-electron chi connectivity index (χ1n) is 6.71. The highest BCUT2D eigenvalue weighted by Crippen LogP contribution is 2.26. The van der Waals surface area contributed by atoms with Crippen LogP contribution in [0.15, 0.2) is 24.3 Å². The summed E-state index contributed by atoms with van der Waals surface area (Å²) in [4.78, 5) is 10.1. The van der Waals surface area contributed by atoms with Crippen molar-refractivity contribution >= 4 is 5.69 Å². The molecule has 0 radical (unpaired) electrons. The first kappa shape index (κ1) is 14.9. The molecule has 3 atom stereocenters. The topological polar surface area (TPSA) is 84.6 Å². The summed E-state index contributed by atoms with van der Waals surface area (Å²) >= 11 is 0. The molecule has 0 aromatic heterocycles. The Labute approximate surface area is 117 Å². The van der Waals surface area contributed by atoms with Crippen molar-refractivity contribution < 1.29 is 14.8 Å². The van der Waals surface area contributed by atoms with Gasteiger partial charge >= 0.3 is 0 Å². The molecule has 0 bridgehead atoms. The van der Waals surface area contributed by atoms with Crippen molar-refractivity contribution in [2.24, 2.45) is 0 Å². The number of hydrogen-bond acceptors (Lipinski definition) is 5. The smallest absolute Gasteiger partial charge is 0.269 e. The van der Waals surface area contributed by atoms with E-state index in [1.54, 1.807) is 12.1 Å². The first-order valence-corrected chi connectivity index (χ1v) is 6.71. The monoisotopic (exact) mass is 280 g/mol. The third-order valence-corrected chi connectivity index (χ3v) is 4.07. The maximum absolute atomic E-state index is 10.6. The molecule has 0 amide bonds. The molecule has 1 aliphatic heterocycles. The van der Waals surface area contributed by atoms with Gasteiger partial charge < -0.3 is 15.2 Å². The van der Waals surface area contributed by atoms with E-state index in [1.807, 2.05) is 6.92 Å². The number of ether oxygens (including phenoxy) is 1. The van der Waals surface area contributed by atoms with Crippen LogP contribution in [0.25, 0.3) is 0 Å². The molecule has 0 spiro atoms. The van der Waals surface area contributed by atoms with Gasteiger partial charge in [0.1, 0.15) is 0 Å². The third-order valence-electron chi connectivity index (χ3n) is 4.07. The van der Waals surface area contributed by atoms with Gasteiger partial charge in [-0.3, -0.25) is 10.1 Å². The molecule has 1 aromatic rings. The molecule has 6 heteroatoms. The van der Waals surface area contributed by atoms with Crippen LogP contribution in [0.3, 0.4) is 0 Å². The molecule has 1 heterocycles. The van der Waals surface area contributed by atoms with E-state index in [0.29, 0.717) is 12.1 Å². The van der Waals surface area contributed by atoms with Gasteiger partial charge in [-0.2, -0.15) is 0 Å². The summed E-state index contributed by atoms with van der Waals surface area (Å²) in [6.07, 6.45) is 0.313. The second kappa shape index (κ2) is 5.87. The molecular formula is C14H20N2O4. The average molecular weight is 280 g/mol. The van der Waals surface area contributed by atoms with Gasteiger partial charge in [-0.15, -0.1) is 0 Å². The van der Waals surface area contributed by atoms with E-state index < -0.39 is 11.0 Å². The van der Waals surface area contributed by atoms with Crippen molar-refractivity contribution in [3.05, 3.63) is 39.9 Å². The van der Waals surface area contributed by atoms with Crippen molar-refractivity contribution in [1.29, 1.82) is 0 Å². The van der Waals surface area contributed by atoms with E-state index in [-0.39, 0.29) is 17.3 Å². The Kier molecular flexibility index (Phi) is 4.37. The predicted octanol–water partition coefficient (Wildman–Crippen LogP) is 1.79. The molecule has 6 nitrogen and oxygen atoms in total. The number of nitrogens with one attached hydrogen (secondary N) is 1. The fourth-order valence-corrected chi connectivity index (χ4v) is 2.33. The van der Waals surface area contributed by atoms with Crippen LogP contribution in [0.5, 0.6) is 0 Å². The minimum absolute atomic E-state index is 0.0266. The number of β-amino-alcohol motifs (C(OH)–C–C–N with tert-alkyl or cyclic N) is 1. The Balaban J connectivity index is 1.94. The molecule has 0 aliphatic carbocycles. The Morgan fingerprint density at radius 1 is 1.55 bits per heavy atom. The zero-order valence-electron chi connectivity index (χ0n) is 11.7. The summed E-state index contributed by atoms with van der Waals surface area (Å²) in [6, 6.07) is 5.98. The quantitative estimate of drug-likeness (QED) is 0.634. The number of nitro groups is 1. The first-order chi connectivity index (χ1) is 9.42. The van der Waals surface area contributed by atoms with E-state index in [2.05, 4.69) is 12.2 Å². The number of aliphatic hydroxyl groups is 1. The lowest BCUT2D eigenvalue weighted by Crippen LogP contribution is -2.49. The number of benzene rings is 1. The number of nitro benzene ring substituents is 1. The van der Waals surface area contributed by atoms with Crippen LogP contribution in [0, 0.1) is 10.1 Å². The second-order valence-electron chi connectivity index (χ2n) is 5.43. The van der Waals surface area contributed by atoms with Crippen LogP contribution in [-0.2, 0) is 4.74 Å². The Bertz CT molecular complexity index is 477. The maximum atomic E-state index is 10.6. The normalized spacial score (nSPS) is 27.4. The van der Waals surface area contributed by atoms with Crippen LogP contribution >= 0.6 is 0 Å². The number of hydrogen-bond donors (Lipinski definition) is 2. The van der Waals surface area contributed by atoms with E-state index in [0.717, 1.165) is 13.0 Å². The van der Waals surface area contributed by atoms with E-state index >= 15 is 0 Å². The number of rotatable bonds is 5. The molecule has 0 saturated carbocycles. The molecule has 1 saturated heterocycles. The maximum Gasteiger partial charge on any atom is 0.269 e. The molecular weight excluding hydrogens is 260 g/mol. The molecule has 2 rings (SSSR count). The number of non-ortho nitro benzene ring substituents is 1. The second-order valence-corrected chi connectivity index (χ2v) is 5.43. The SMILES string of the molecule is CC1OCCC1(C)NCC(O)c1ccc([N+](=O)[O-])cc1. The minimum atomic E-state index is -0.694. The Morgan fingerprint density at radius 3 is 2.70 bits per heavy atom. The van der Waals surface area contributed by atoms with Crippen molar-refractivity contribution in [2.75, 3.05) is 13.2 Å². The van der Waals surface area contributed by atoms with Crippen molar-refractivity contribution in [3.63, 3.8) is 0 Å². The molecule has 1 fully saturated rings. The summed E-state index contributed by atoms with van der Waals surface area (Å²) < 4.78 is 5.53. The van der Waals surface area contributed by atoms with Gasteiger partial charge in [0.05, 0.1) is 17.1 Å². The summed E-state index contributed by atoms with van der Waals surface area (Å²) in [5, 5.41) is 24.0. The van der Waals surface area contributed by atoms with Gasteiger partial charge in [0, 0.05) is 30.8 Å². The van der Waals surface area contributed by atoms with Crippen molar-refractivity contribution in [2.45, 2.75) is 38.0 Å². The fourth-order valence-electron chi connectivity index (χ4n) is 2.33. The summed E-state index contributed by atoms with van der Waals surface area (Å²) in [5.74, 6) is 0. The lowest BCUT2D eigenvalue weighted by Gasteiger charge is -2.30. The lowest BCUT2D eigenvalue weighted by molar-refractivity contribution is -0.384. The number of aliphatic hydroxyl groups excluding tert-OH is 1. The van der Waals surface area contributed by atoms with Crippen molar-refractivity contribution in [1.82, 2.24) is 5.32 Å². The lowest BCUT2D eigenvalue weighted by atomic mass is 9.94. The van der Waals surface area contributed by atoms with Crippen molar-refractivity contribution in [3.8, 4) is 0 Å². The third kappa shape index (κ3) is 3.15. The van der Waals surface area contributed by atoms with Crippen LogP contribution in [0.1, 0.15) is 31.9 Å². The molecule has 1 aliphatic rings. The fraction of sp³-hybridized carbons (Fsp3) is 0.571. The zero-order chi connectivity index (χ0) is 14.8. The molecule has 20 heavy (non-hydrogen) atoms. The number of nitrogens with zero attached hydrogens (tertiary/aromatic N) is 1. The van der Waals surface area contributed by atoms with Gasteiger partial charge in [-0.05, 0) is 38.0 Å². The summed E-state index contributed by atoms with van der Waals surface area (Å²) in [6.45, 7) is 5.20. The Hall–Kier alpha value is -1.50. The van der Waals surface area contributed by atoms with Gasteiger partial charge in [0.15, 0.2) is 0 Å². The van der Waals surface area contributed by atoms with Gasteiger partial charge in [0.25, 0.3) is 5.69 Å². The van der Waals surface area contributed by atoms with E-state index in [9.17, 15) is 15.2 Å². The zero-order valence-corrected chi connectivity index (χ0v) is 11.7. The molecule has 3 unspecified atom stereocenters. The molecule has 110 valence electrons. The average Bonchev–Trinajstić information content (AvgIpc) is 2.76. The van der Waals surface area contributed by atoms with Crippen LogP contribution in [0.4, 0.5) is 5.69 Å². The van der Waals surface area contributed by atoms with E-state index in [1.165, 1.54) is 12.1 Å². The highest BCUT2D eigenvalue weighted by Gasteiger charge is 2.36. The van der Waals surface area contributed by atoms with Gasteiger partial charge in [-0.25, -0.2) is 0 Å².